The zero-order valence-electron chi connectivity index (χ0n) is 8.74. The fourth-order valence-electron chi connectivity index (χ4n) is 1.05. The highest BCUT2D eigenvalue weighted by Gasteiger charge is 2.30. The fourth-order valence-corrected chi connectivity index (χ4v) is 1.05. The van der Waals surface area contributed by atoms with Crippen LogP contribution in [0.15, 0.2) is 0 Å². The number of aliphatic hydroxyl groups excluding tert-OH is 1. The van der Waals surface area contributed by atoms with Crippen LogP contribution in [-0.2, 0) is 4.79 Å². The second kappa shape index (κ2) is 4.58. The quantitative estimate of drug-likeness (QED) is 0.653. The third-order valence-electron chi connectivity index (χ3n) is 1.75. The van der Waals surface area contributed by atoms with E-state index in [4.69, 9.17) is 5.11 Å². The molecule has 0 fully saturated rings. The van der Waals surface area contributed by atoms with E-state index in [-0.39, 0.29) is 25.1 Å². The summed E-state index contributed by atoms with van der Waals surface area (Å²) in [6, 6.07) is -0.00826. The number of aliphatic hydroxyl groups is 2. The predicted octanol–water partition coefficient (Wildman–Crippen LogP) is -0.0134. The molecule has 0 saturated carbocycles. The molecule has 0 aliphatic heterocycles. The van der Waals surface area contributed by atoms with Gasteiger partial charge in [0.2, 0.25) is 0 Å². The van der Waals surface area contributed by atoms with Gasteiger partial charge in [-0.15, -0.1) is 0 Å². The molecule has 0 aromatic carbocycles. The maximum absolute atomic E-state index is 11.6. The summed E-state index contributed by atoms with van der Waals surface area (Å²) in [4.78, 5) is 13.0. The van der Waals surface area contributed by atoms with Crippen LogP contribution in [0.2, 0.25) is 0 Å². The number of carbonyl (C=O) groups is 1. The van der Waals surface area contributed by atoms with Crippen molar-refractivity contribution >= 4 is 5.91 Å². The molecule has 0 saturated heterocycles. The van der Waals surface area contributed by atoms with Crippen LogP contribution in [0.25, 0.3) is 0 Å². The van der Waals surface area contributed by atoms with Gasteiger partial charge in [-0.2, -0.15) is 0 Å². The van der Waals surface area contributed by atoms with Gasteiger partial charge in [0.25, 0.3) is 5.91 Å². The summed E-state index contributed by atoms with van der Waals surface area (Å²) in [6.07, 6.45) is 0. The van der Waals surface area contributed by atoms with Gasteiger partial charge in [0, 0.05) is 12.6 Å². The van der Waals surface area contributed by atoms with Crippen molar-refractivity contribution in [1.82, 2.24) is 4.90 Å². The number of amides is 1. The fraction of sp³-hybridized carbons (Fsp3) is 0.889. The first-order valence-corrected chi connectivity index (χ1v) is 4.45. The first-order valence-electron chi connectivity index (χ1n) is 4.45. The van der Waals surface area contributed by atoms with Crippen LogP contribution in [0.1, 0.15) is 27.7 Å². The first kappa shape index (κ1) is 12.4. The van der Waals surface area contributed by atoms with Gasteiger partial charge in [-0.3, -0.25) is 4.79 Å². The molecule has 2 N–H and O–H groups in total. The Bertz CT molecular complexity index is 172. The van der Waals surface area contributed by atoms with E-state index in [1.165, 1.54) is 18.7 Å². The lowest BCUT2D eigenvalue weighted by Gasteiger charge is -2.31. The summed E-state index contributed by atoms with van der Waals surface area (Å²) in [6.45, 7) is 6.77. The van der Waals surface area contributed by atoms with Gasteiger partial charge < -0.3 is 15.1 Å². The standard InChI is InChI=1S/C9H19NO3/c1-7(2)10(5-6-11)8(12)9(3,4)13/h7,11,13H,5-6H2,1-4H3. The van der Waals surface area contributed by atoms with E-state index in [1.807, 2.05) is 13.8 Å². The summed E-state index contributed by atoms with van der Waals surface area (Å²) in [7, 11) is 0. The molecule has 4 heteroatoms. The van der Waals surface area contributed by atoms with Crippen LogP contribution in [-0.4, -0.2) is 45.8 Å². The molecule has 4 nitrogen and oxygen atoms in total. The van der Waals surface area contributed by atoms with Crippen molar-refractivity contribution in [2.75, 3.05) is 13.2 Å². The van der Waals surface area contributed by atoms with Gasteiger partial charge in [0.15, 0.2) is 0 Å². The Kier molecular flexibility index (Phi) is 4.36. The Labute approximate surface area is 79.2 Å². The lowest BCUT2D eigenvalue weighted by atomic mass is 10.1. The van der Waals surface area contributed by atoms with Gasteiger partial charge in [-0.1, -0.05) is 0 Å². The van der Waals surface area contributed by atoms with Crippen molar-refractivity contribution < 1.29 is 15.0 Å². The zero-order chi connectivity index (χ0) is 10.6. The maximum Gasteiger partial charge on any atom is 0.254 e. The molecule has 0 radical (unpaired) electrons. The highest BCUT2D eigenvalue weighted by molar-refractivity contribution is 5.84. The van der Waals surface area contributed by atoms with E-state index in [0.717, 1.165) is 0 Å². The molecule has 0 rings (SSSR count). The highest BCUT2D eigenvalue weighted by atomic mass is 16.3. The van der Waals surface area contributed by atoms with Crippen LogP contribution in [0.5, 0.6) is 0 Å². The van der Waals surface area contributed by atoms with Gasteiger partial charge in [-0.25, -0.2) is 0 Å². The minimum Gasteiger partial charge on any atom is -0.395 e. The van der Waals surface area contributed by atoms with Gasteiger partial charge in [0.1, 0.15) is 5.60 Å². The largest absolute Gasteiger partial charge is 0.395 e. The molecule has 1 amide bonds. The molecular weight excluding hydrogens is 170 g/mol. The minimum atomic E-state index is -1.36. The Hall–Kier alpha value is -0.610. The van der Waals surface area contributed by atoms with Crippen LogP contribution >= 0.6 is 0 Å². The number of hydrogen-bond donors (Lipinski definition) is 2. The number of hydrogen-bond acceptors (Lipinski definition) is 3. The van der Waals surface area contributed by atoms with Crippen molar-refractivity contribution in [2.24, 2.45) is 0 Å². The molecule has 13 heavy (non-hydrogen) atoms. The Morgan fingerprint density at radius 1 is 1.46 bits per heavy atom. The molecular formula is C9H19NO3. The minimum absolute atomic E-state index is 0.00826. The lowest BCUT2D eigenvalue weighted by Crippen LogP contribution is -2.49. The lowest BCUT2D eigenvalue weighted by molar-refractivity contribution is -0.150. The third kappa shape index (κ3) is 3.74. The van der Waals surface area contributed by atoms with Crippen molar-refractivity contribution in [2.45, 2.75) is 39.3 Å². The van der Waals surface area contributed by atoms with Gasteiger partial charge in [-0.05, 0) is 27.7 Å². The predicted molar refractivity (Wildman–Crippen MR) is 50.2 cm³/mol. The average molecular weight is 189 g/mol. The average Bonchev–Trinajstić information content (AvgIpc) is 1.96. The topological polar surface area (TPSA) is 60.8 Å². The maximum atomic E-state index is 11.6. The molecule has 0 aromatic heterocycles. The molecule has 0 atom stereocenters. The molecule has 0 spiro atoms. The van der Waals surface area contributed by atoms with Crippen molar-refractivity contribution in [3.63, 3.8) is 0 Å². The number of nitrogens with zero attached hydrogens (tertiary/aromatic N) is 1. The van der Waals surface area contributed by atoms with Crippen LogP contribution in [0.3, 0.4) is 0 Å². The third-order valence-corrected chi connectivity index (χ3v) is 1.75. The number of rotatable bonds is 4. The van der Waals surface area contributed by atoms with Crippen molar-refractivity contribution in [3.05, 3.63) is 0 Å². The molecule has 0 aliphatic carbocycles. The SMILES string of the molecule is CC(C)N(CCO)C(=O)C(C)(C)O. The summed E-state index contributed by atoms with van der Waals surface area (Å²) >= 11 is 0. The molecule has 0 bridgehead atoms. The van der Waals surface area contributed by atoms with Crippen LogP contribution in [0.4, 0.5) is 0 Å². The van der Waals surface area contributed by atoms with Gasteiger partial charge >= 0.3 is 0 Å². The molecule has 78 valence electrons. The second-order valence-corrected chi connectivity index (χ2v) is 3.87. The van der Waals surface area contributed by atoms with E-state index in [0.29, 0.717) is 0 Å². The normalized spacial score (nSPS) is 11.9. The van der Waals surface area contributed by atoms with Gasteiger partial charge in [0.05, 0.1) is 6.61 Å². The molecule has 0 aromatic rings. The Balaban J connectivity index is 4.47. The Morgan fingerprint density at radius 2 is 1.92 bits per heavy atom. The van der Waals surface area contributed by atoms with Crippen LogP contribution in [0, 0.1) is 0 Å². The first-order chi connectivity index (χ1) is 5.80. The summed E-state index contributed by atoms with van der Waals surface area (Å²) in [5.41, 5.74) is -1.36. The Morgan fingerprint density at radius 3 is 2.15 bits per heavy atom. The van der Waals surface area contributed by atoms with Crippen molar-refractivity contribution in [3.8, 4) is 0 Å². The molecule has 0 unspecified atom stereocenters. The molecule has 0 aliphatic rings. The smallest absolute Gasteiger partial charge is 0.254 e. The molecule has 0 heterocycles. The monoisotopic (exact) mass is 189 g/mol. The van der Waals surface area contributed by atoms with Crippen molar-refractivity contribution in [1.29, 1.82) is 0 Å². The zero-order valence-corrected chi connectivity index (χ0v) is 8.74. The second-order valence-electron chi connectivity index (χ2n) is 3.87. The highest BCUT2D eigenvalue weighted by Crippen LogP contribution is 2.09. The van der Waals surface area contributed by atoms with E-state index in [2.05, 4.69) is 0 Å². The van der Waals surface area contributed by atoms with E-state index >= 15 is 0 Å². The van der Waals surface area contributed by atoms with E-state index in [1.54, 1.807) is 0 Å². The van der Waals surface area contributed by atoms with E-state index < -0.39 is 5.60 Å². The summed E-state index contributed by atoms with van der Waals surface area (Å²) < 4.78 is 0. The van der Waals surface area contributed by atoms with Crippen LogP contribution < -0.4 is 0 Å². The summed E-state index contributed by atoms with van der Waals surface area (Å²) in [5, 5.41) is 18.2. The summed E-state index contributed by atoms with van der Waals surface area (Å²) in [5.74, 6) is -0.350. The van der Waals surface area contributed by atoms with E-state index in [9.17, 15) is 9.90 Å². The number of carbonyl (C=O) groups excluding carboxylic acids is 1.